The van der Waals surface area contributed by atoms with Crippen molar-refractivity contribution in [2.24, 2.45) is 0 Å². The van der Waals surface area contributed by atoms with Gasteiger partial charge in [-0.3, -0.25) is 15.0 Å². The third kappa shape index (κ3) is 3.37. The van der Waals surface area contributed by atoms with Crippen LogP contribution in [0, 0.1) is 10.1 Å². The Morgan fingerprint density at radius 2 is 2.20 bits per heavy atom. The maximum absolute atomic E-state index is 11.0. The molecular formula is C14H20BrN3O2. The summed E-state index contributed by atoms with van der Waals surface area (Å²) in [6.45, 7) is 6.02. The molecule has 0 spiro atoms. The van der Waals surface area contributed by atoms with Crippen LogP contribution in [-0.4, -0.2) is 47.4 Å². The van der Waals surface area contributed by atoms with Gasteiger partial charge in [-0.25, -0.2) is 0 Å². The number of nitro benzene ring substituents is 1. The average Bonchev–Trinajstić information content (AvgIpc) is 2.42. The van der Waals surface area contributed by atoms with Crippen molar-refractivity contribution in [1.29, 1.82) is 0 Å². The van der Waals surface area contributed by atoms with Crippen LogP contribution in [0.4, 0.5) is 5.69 Å². The second-order valence-electron chi connectivity index (χ2n) is 5.29. The van der Waals surface area contributed by atoms with Crippen molar-refractivity contribution >= 4 is 21.6 Å². The number of hydrogen-bond acceptors (Lipinski definition) is 4. The maximum atomic E-state index is 11.0. The van der Waals surface area contributed by atoms with E-state index < -0.39 is 0 Å². The summed E-state index contributed by atoms with van der Waals surface area (Å²) in [5.41, 5.74) is 1.13. The second-order valence-corrected chi connectivity index (χ2v) is 6.08. The molecule has 1 aromatic carbocycles. The quantitative estimate of drug-likeness (QED) is 0.624. The van der Waals surface area contributed by atoms with E-state index in [1.165, 1.54) is 6.07 Å². The van der Waals surface area contributed by atoms with Crippen molar-refractivity contribution in [2.45, 2.75) is 25.9 Å². The van der Waals surface area contributed by atoms with Crippen LogP contribution in [0.15, 0.2) is 22.7 Å². The van der Waals surface area contributed by atoms with E-state index in [1.807, 2.05) is 6.07 Å². The van der Waals surface area contributed by atoms with Crippen LogP contribution in [0.1, 0.15) is 18.9 Å². The fourth-order valence-electron chi connectivity index (χ4n) is 2.67. The van der Waals surface area contributed by atoms with E-state index in [0.29, 0.717) is 10.5 Å². The van der Waals surface area contributed by atoms with Gasteiger partial charge in [0.15, 0.2) is 0 Å². The predicted octanol–water partition coefficient (Wildman–Crippen LogP) is 2.88. The molecule has 0 bridgehead atoms. The van der Waals surface area contributed by atoms with E-state index in [0.717, 1.165) is 38.2 Å². The molecule has 0 N–H and O–H groups in total. The monoisotopic (exact) mass is 341 g/mol. The van der Waals surface area contributed by atoms with Gasteiger partial charge in [-0.05, 0) is 35.0 Å². The van der Waals surface area contributed by atoms with Crippen molar-refractivity contribution in [3.63, 3.8) is 0 Å². The van der Waals surface area contributed by atoms with E-state index in [1.54, 1.807) is 6.07 Å². The van der Waals surface area contributed by atoms with Gasteiger partial charge in [0.2, 0.25) is 0 Å². The highest BCUT2D eigenvalue weighted by Gasteiger charge is 2.24. The lowest BCUT2D eigenvalue weighted by Crippen LogP contribution is -2.50. The van der Waals surface area contributed by atoms with Crippen molar-refractivity contribution in [3.8, 4) is 0 Å². The van der Waals surface area contributed by atoms with Crippen molar-refractivity contribution < 1.29 is 4.92 Å². The molecule has 0 aliphatic carbocycles. The third-order valence-electron chi connectivity index (χ3n) is 3.98. The first-order valence-corrected chi connectivity index (χ1v) is 7.66. The Bertz CT molecular complexity index is 495. The van der Waals surface area contributed by atoms with Crippen LogP contribution in [0.3, 0.4) is 0 Å². The molecule has 6 heteroatoms. The number of hydrogen-bond donors (Lipinski definition) is 0. The molecular weight excluding hydrogens is 322 g/mol. The lowest BCUT2D eigenvalue weighted by atomic mass is 10.1. The van der Waals surface area contributed by atoms with Gasteiger partial charge in [-0.2, -0.15) is 0 Å². The minimum absolute atomic E-state index is 0.142. The van der Waals surface area contributed by atoms with Gasteiger partial charge < -0.3 is 4.90 Å². The minimum atomic E-state index is -0.341. The summed E-state index contributed by atoms with van der Waals surface area (Å²) in [4.78, 5) is 15.4. The summed E-state index contributed by atoms with van der Waals surface area (Å²) >= 11 is 3.37. The standard InChI is InChI=1S/C14H20BrN3O2/c1-3-12-10-17(8-7-16(12)2)9-11-5-4-6-13(14(11)15)18(19)20/h4-6,12H,3,7-10H2,1-2H3. The highest BCUT2D eigenvalue weighted by Crippen LogP contribution is 2.29. The van der Waals surface area contributed by atoms with Gasteiger partial charge >= 0.3 is 0 Å². The zero-order chi connectivity index (χ0) is 14.7. The first kappa shape index (κ1) is 15.4. The number of rotatable bonds is 4. The molecule has 0 amide bonds. The zero-order valence-electron chi connectivity index (χ0n) is 11.9. The molecule has 1 saturated heterocycles. The lowest BCUT2D eigenvalue weighted by Gasteiger charge is -2.39. The molecule has 1 atom stereocenters. The number of benzene rings is 1. The van der Waals surface area contributed by atoms with Gasteiger partial charge in [-0.15, -0.1) is 0 Å². The highest BCUT2D eigenvalue weighted by molar-refractivity contribution is 9.10. The van der Waals surface area contributed by atoms with Crippen LogP contribution in [0.2, 0.25) is 0 Å². The number of nitrogens with zero attached hydrogens (tertiary/aromatic N) is 3. The van der Waals surface area contributed by atoms with Gasteiger partial charge in [-0.1, -0.05) is 19.1 Å². The Kier molecular flexibility index (Phi) is 5.12. The Morgan fingerprint density at radius 3 is 2.85 bits per heavy atom. The second kappa shape index (κ2) is 6.65. The van der Waals surface area contributed by atoms with Crippen LogP contribution in [0.5, 0.6) is 0 Å². The molecule has 0 saturated carbocycles. The number of likely N-dealkylation sites (N-methyl/N-ethyl adjacent to an activating group) is 1. The fraction of sp³-hybridized carbons (Fsp3) is 0.571. The molecule has 20 heavy (non-hydrogen) atoms. The molecule has 1 aliphatic rings. The summed E-state index contributed by atoms with van der Waals surface area (Å²) in [6, 6.07) is 5.81. The van der Waals surface area contributed by atoms with Gasteiger partial charge in [0.25, 0.3) is 5.69 Å². The zero-order valence-corrected chi connectivity index (χ0v) is 13.5. The van der Waals surface area contributed by atoms with E-state index in [9.17, 15) is 10.1 Å². The van der Waals surface area contributed by atoms with Crippen LogP contribution in [-0.2, 0) is 6.54 Å². The molecule has 2 rings (SSSR count). The molecule has 1 aliphatic heterocycles. The Balaban J connectivity index is 2.11. The van der Waals surface area contributed by atoms with Crippen LogP contribution >= 0.6 is 15.9 Å². The number of nitro groups is 1. The van der Waals surface area contributed by atoms with E-state index >= 15 is 0 Å². The average molecular weight is 342 g/mol. The SMILES string of the molecule is CCC1CN(Cc2cccc([N+](=O)[O-])c2Br)CCN1C. The minimum Gasteiger partial charge on any atom is -0.301 e. The van der Waals surface area contributed by atoms with Crippen LogP contribution < -0.4 is 0 Å². The summed E-state index contributed by atoms with van der Waals surface area (Å²) < 4.78 is 0.608. The highest BCUT2D eigenvalue weighted by atomic mass is 79.9. The number of halogens is 1. The summed E-state index contributed by atoms with van der Waals surface area (Å²) in [6.07, 6.45) is 1.13. The first-order valence-electron chi connectivity index (χ1n) is 6.87. The van der Waals surface area contributed by atoms with E-state index in [2.05, 4.69) is 39.7 Å². The summed E-state index contributed by atoms with van der Waals surface area (Å²) in [5.74, 6) is 0. The topological polar surface area (TPSA) is 49.6 Å². The Labute approximate surface area is 127 Å². The van der Waals surface area contributed by atoms with Crippen molar-refractivity contribution in [1.82, 2.24) is 9.80 Å². The van der Waals surface area contributed by atoms with Gasteiger partial charge in [0.1, 0.15) is 0 Å². The molecule has 1 fully saturated rings. The molecule has 1 heterocycles. The molecule has 1 unspecified atom stereocenters. The fourth-order valence-corrected chi connectivity index (χ4v) is 3.20. The van der Waals surface area contributed by atoms with E-state index in [-0.39, 0.29) is 10.6 Å². The maximum Gasteiger partial charge on any atom is 0.283 e. The summed E-state index contributed by atoms with van der Waals surface area (Å²) in [7, 11) is 2.16. The van der Waals surface area contributed by atoms with Crippen molar-refractivity contribution in [2.75, 3.05) is 26.7 Å². The Hall–Kier alpha value is -0.980. The van der Waals surface area contributed by atoms with Gasteiger partial charge in [0, 0.05) is 38.3 Å². The first-order chi connectivity index (χ1) is 9.52. The summed E-state index contributed by atoms with van der Waals surface area (Å²) in [5, 5.41) is 11.0. The van der Waals surface area contributed by atoms with E-state index in [4.69, 9.17) is 0 Å². The molecule has 110 valence electrons. The predicted molar refractivity (Wildman–Crippen MR) is 82.8 cm³/mol. The molecule has 0 radical (unpaired) electrons. The van der Waals surface area contributed by atoms with Crippen molar-refractivity contribution in [3.05, 3.63) is 38.3 Å². The van der Waals surface area contributed by atoms with Crippen LogP contribution in [0.25, 0.3) is 0 Å². The normalized spacial score (nSPS) is 21.1. The smallest absolute Gasteiger partial charge is 0.283 e. The number of piperazine rings is 1. The third-order valence-corrected chi connectivity index (χ3v) is 4.90. The molecule has 1 aromatic rings. The van der Waals surface area contributed by atoms with Gasteiger partial charge in [0.05, 0.1) is 9.40 Å². The lowest BCUT2D eigenvalue weighted by molar-refractivity contribution is -0.385. The molecule has 5 nitrogen and oxygen atoms in total. The largest absolute Gasteiger partial charge is 0.301 e. The molecule has 0 aromatic heterocycles. The Morgan fingerprint density at radius 1 is 1.45 bits per heavy atom.